The molecule has 7 heteroatoms. The van der Waals surface area contributed by atoms with Crippen LogP contribution in [-0.4, -0.2) is 32.6 Å². The van der Waals surface area contributed by atoms with Crippen molar-refractivity contribution in [2.45, 2.75) is 33.4 Å². The summed E-state index contributed by atoms with van der Waals surface area (Å²) < 4.78 is 1.11. The number of aliphatic carboxylic acids is 1. The maximum absolute atomic E-state index is 11.8. The number of nitrogens with one attached hydrogen (secondary N) is 1. The minimum atomic E-state index is -1.11. The molecule has 0 fully saturated rings. The Morgan fingerprint density at radius 3 is 2.58 bits per heavy atom. The van der Waals surface area contributed by atoms with Gasteiger partial charge in [-0.3, -0.25) is 9.36 Å². The molecule has 1 aromatic rings. The molecule has 0 radical (unpaired) electrons. The molecule has 0 unspecified atom stereocenters. The first kappa shape index (κ1) is 14.9. The van der Waals surface area contributed by atoms with Crippen molar-refractivity contribution in [3.8, 4) is 0 Å². The first-order chi connectivity index (χ1) is 8.71. The summed E-state index contributed by atoms with van der Waals surface area (Å²) in [5.74, 6) is -1.66. The van der Waals surface area contributed by atoms with Crippen LogP contribution in [0.2, 0.25) is 0 Å². The van der Waals surface area contributed by atoms with Crippen LogP contribution in [0.25, 0.3) is 0 Å². The molecule has 19 heavy (non-hydrogen) atoms. The van der Waals surface area contributed by atoms with Gasteiger partial charge in [-0.2, -0.15) is 0 Å². The number of aromatic nitrogens is 2. The van der Waals surface area contributed by atoms with E-state index in [1.54, 1.807) is 20.8 Å². The topological polar surface area (TPSA) is 101 Å². The average molecular weight is 267 g/mol. The molecule has 1 atom stereocenters. The Hall–Kier alpha value is -2.18. The van der Waals surface area contributed by atoms with Crippen molar-refractivity contribution >= 4 is 11.9 Å². The number of carbonyl (C=O) groups excluding carboxylic acids is 1. The zero-order valence-electron chi connectivity index (χ0n) is 11.1. The van der Waals surface area contributed by atoms with Crippen LogP contribution >= 0.6 is 0 Å². The molecule has 0 saturated carbocycles. The lowest BCUT2D eigenvalue weighted by atomic mass is 9.87. The Bertz CT molecular complexity index is 530. The van der Waals surface area contributed by atoms with Crippen LogP contribution in [0.3, 0.4) is 0 Å². The Kier molecular flexibility index (Phi) is 4.42. The second-order valence-electron chi connectivity index (χ2n) is 5.23. The third-order valence-corrected chi connectivity index (χ3v) is 2.52. The van der Waals surface area contributed by atoms with Crippen molar-refractivity contribution in [3.05, 3.63) is 28.9 Å². The summed E-state index contributed by atoms with van der Waals surface area (Å²) in [6.07, 6.45) is 2.74. The van der Waals surface area contributed by atoms with Gasteiger partial charge in [-0.05, 0) is 11.5 Å². The largest absolute Gasteiger partial charge is 0.480 e. The van der Waals surface area contributed by atoms with Crippen LogP contribution in [0.1, 0.15) is 20.8 Å². The highest BCUT2D eigenvalue weighted by atomic mass is 16.4. The standard InChI is InChI=1S/C12H17N3O4/c1-12(2,3)9(10(17)18)14-8(16)7-15-6-4-5-13-11(15)19/h4-6,9H,7H2,1-3H3,(H,14,16)(H,17,18)/t9-/m0/s1. The van der Waals surface area contributed by atoms with Gasteiger partial charge in [0.25, 0.3) is 0 Å². The number of carboxylic acid groups (broad SMARTS) is 1. The number of nitrogens with zero attached hydrogens (tertiary/aromatic N) is 2. The van der Waals surface area contributed by atoms with Crippen LogP contribution in [0.5, 0.6) is 0 Å². The second-order valence-corrected chi connectivity index (χ2v) is 5.23. The van der Waals surface area contributed by atoms with Crippen LogP contribution in [0.15, 0.2) is 23.3 Å². The van der Waals surface area contributed by atoms with E-state index in [0.717, 1.165) is 4.57 Å². The van der Waals surface area contributed by atoms with Crippen molar-refractivity contribution < 1.29 is 14.7 Å². The summed E-state index contributed by atoms with van der Waals surface area (Å²) in [6, 6.07) is 0.500. The van der Waals surface area contributed by atoms with E-state index in [-0.39, 0.29) is 6.54 Å². The fourth-order valence-electron chi connectivity index (χ4n) is 1.52. The van der Waals surface area contributed by atoms with E-state index in [0.29, 0.717) is 0 Å². The zero-order valence-corrected chi connectivity index (χ0v) is 11.1. The quantitative estimate of drug-likeness (QED) is 0.790. The smallest absolute Gasteiger partial charge is 0.347 e. The summed E-state index contributed by atoms with van der Waals surface area (Å²) in [5.41, 5.74) is -1.18. The lowest BCUT2D eigenvalue weighted by Crippen LogP contribution is -2.50. The monoisotopic (exact) mass is 267 g/mol. The van der Waals surface area contributed by atoms with Crippen molar-refractivity contribution in [1.82, 2.24) is 14.9 Å². The molecule has 1 rings (SSSR count). The maximum Gasteiger partial charge on any atom is 0.347 e. The zero-order chi connectivity index (χ0) is 14.6. The van der Waals surface area contributed by atoms with Gasteiger partial charge in [0.2, 0.25) is 5.91 Å². The van der Waals surface area contributed by atoms with E-state index < -0.39 is 29.0 Å². The molecule has 2 N–H and O–H groups in total. The molecule has 0 aromatic carbocycles. The van der Waals surface area contributed by atoms with Gasteiger partial charge in [0.15, 0.2) is 0 Å². The van der Waals surface area contributed by atoms with Crippen LogP contribution in [-0.2, 0) is 16.1 Å². The highest BCUT2D eigenvalue weighted by molar-refractivity contribution is 5.83. The summed E-state index contributed by atoms with van der Waals surface area (Å²) in [7, 11) is 0. The highest BCUT2D eigenvalue weighted by Gasteiger charge is 2.32. The first-order valence-corrected chi connectivity index (χ1v) is 5.75. The first-order valence-electron chi connectivity index (χ1n) is 5.75. The predicted molar refractivity (Wildman–Crippen MR) is 67.5 cm³/mol. The molecule has 0 saturated heterocycles. The number of carboxylic acids is 1. The third kappa shape index (κ3) is 4.20. The Balaban J connectivity index is 2.77. The molecule has 1 heterocycles. The molecule has 1 aromatic heterocycles. The molecule has 1 amide bonds. The molecular formula is C12H17N3O4. The van der Waals surface area contributed by atoms with Crippen LogP contribution < -0.4 is 11.0 Å². The van der Waals surface area contributed by atoms with E-state index in [9.17, 15) is 14.4 Å². The van der Waals surface area contributed by atoms with Gasteiger partial charge in [0, 0.05) is 12.4 Å². The molecule has 0 aliphatic carbocycles. The lowest BCUT2D eigenvalue weighted by Gasteiger charge is -2.27. The van der Waals surface area contributed by atoms with Gasteiger partial charge in [-0.25, -0.2) is 14.6 Å². The molecule has 0 aliphatic heterocycles. The van der Waals surface area contributed by atoms with E-state index in [1.165, 1.54) is 18.5 Å². The Morgan fingerprint density at radius 2 is 2.11 bits per heavy atom. The molecule has 0 aliphatic rings. The molecular weight excluding hydrogens is 250 g/mol. The van der Waals surface area contributed by atoms with E-state index in [4.69, 9.17) is 5.11 Å². The van der Waals surface area contributed by atoms with E-state index in [1.807, 2.05) is 0 Å². The maximum atomic E-state index is 11.8. The third-order valence-electron chi connectivity index (χ3n) is 2.52. The molecule has 104 valence electrons. The van der Waals surface area contributed by atoms with Crippen molar-refractivity contribution in [2.24, 2.45) is 5.41 Å². The van der Waals surface area contributed by atoms with Gasteiger partial charge in [0.05, 0.1) is 0 Å². The van der Waals surface area contributed by atoms with Crippen LogP contribution in [0, 0.1) is 5.41 Å². The summed E-state index contributed by atoms with van der Waals surface area (Å²) >= 11 is 0. The Morgan fingerprint density at radius 1 is 1.47 bits per heavy atom. The van der Waals surface area contributed by atoms with E-state index in [2.05, 4.69) is 10.3 Å². The van der Waals surface area contributed by atoms with Crippen molar-refractivity contribution in [2.75, 3.05) is 0 Å². The SMILES string of the molecule is CC(C)(C)[C@@H](NC(=O)Cn1cccnc1=O)C(=O)O. The fraction of sp³-hybridized carbons (Fsp3) is 0.500. The normalized spacial score (nSPS) is 12.8. The highest BCUT2D eigenvalue weighted by Crippen LogP contribution is 2.19. The number of amides is 1. The van der Waals surface area contributed by atoms with Gasteiger partial charge < -0.3 is 10.4 Å². The van der Waals surface area contributed by atoms with Crippen LogP contribution in [0.4, 0.5) is 0 Å². The minimum absolute atomic E-state index is 0.257. The fourth-order valence-corrected chi connectivity index (χ4v) is 1.52. The van der Waals surface area contributed by atoms with Crippen molar-refractivity contribution in [3.63, 3.8) is 0 Å². The summed E-state index contributed by atoms with van der Waals surface area (Å²) in [4.78, 5) is 37.7. The number of hydrogen-bond acceptors (Lipinski definition) is 4. The lowest BCUT2D eigenvalue weighted by molar-refractivity contribution is -0.145. The summed E-state index contributed by atoms with van der Waals surface area (Å²) in [5, 5.41) is 11.5. The van der Waals surface area contributed by atoms with Gasteiger partial charge in [-0.1, -0.05) is 20.8 Å². The number of hydrogen-bond donors (Lipinski definition) is 2. The molecule has 7 nitrogen and oxygen atoms in total. The van der Waals surface area contributed by atoms with Gasteiger partial charge in [0.1, 0.15) is 12.6 Å². The molecule has 0 spiro atoms. The predicted octanol–water partition coefficient (Wildman–Crippen LogP) is -0.141. The van der Waals surface area contributed by atoms with Crippen molar-refractivity contribution in [1.29, 1.82) is 0 Å². The molecule has 0 bridgehead atoms. The average Bonchev–Trinajstić information content (AvgIpc) is 2.27. The number of carbonyl (C=O) groups is 2. The second kappa shape index (κ2) is 5.64. The van der Waals surface area contributed by atoms with Gasteiger partial charge in [-0.15, -0.1) is 0 Å². The van der Waals surface area contributed by atoms with Gasteiger partial charge >= 0.3 is 11.7 Å². The Labute approximate surface area is 110 Å². The van der Waals surface area contributed by atoms with E-state index >= 15 is 0 Å². The number of rotatable bonds is 4. The summed E-state index contributed by atoms with van der Waals surface area (Å²) in [6.45, 7) is 4.87. The minimum Gasteiger partial charge on any atom is -0.480 e.